The van der Waals surface area contributed by atoms with Crippen LogP contribution in [0.3, 0.4) is 0 Å². The van der Waals surface area contributed by atoms with E-state index in [-0.39, 0.29) is 24.6 Å². The molecule has 3 aromatic heterocycles. The number of halogens is 1. The predicted octanol–water partition coefficient (Wildman–Crippen LogP) is 8.31. The summed E-state index contributed by atoms with van der Waals surface area (Å²) in [5.74, 6) is 5.13. The Labute approximate surface area is 462 Å². The fourth-order valence-corrected chi connectivity index (χ4v) is 10.8. The van der Waals surface area contributed by atoms with Crippen LogP contribution in [-0.4, -0.2) is 130 Å². The van der Waals surface area contributed by atoms with Crippen molar-refractivity contribution in [3.8, 4) is 11.8 Å². The Morgan fingerprint density at radius 3 is 2.49 bits per heavy atom. The molecule has 3 unspecified atom stereocenters. The zero-order valence-electron chi connectivity index (χ0n) is 45.3. The summed E-state index contributed by atoms with van der Waals surface area (Å²) in [5.41, 5.74) is 4.13. The highest BCUT2D eigenvalue weighted by Gasteiger charge is 2.32. The van der Waals surface area contributed by atoms with Gasteiger partial charge in [0.25, 0.3) is 0 Å². The number of fused-ring (bicyclic) bond motifs is 2. The molecule has 0 fully saturated rings. The van der Waals surface area contributed by atoms with E-state index in [2.05, 4.69) is 58.6 Å². The number of carbonyl (C=O) groups is 5. The zero-order valence-corrected chi connectivity index (χ0v) is 46.9. The molecule has 19 nitrogen and oxygen atoms in total. The topological polar surface area (TPSA) is 239 Å². The minimum absolute atomic E-state index is 0.0183. The van der Waals surface area contributed by atoms with Gasteiger partial charge in [-0.05, 0) is 114 Å². The number of nitrogens with zero attached hydrogens (tertiary/aromatic N) is 6. The van der Waals surface area contributed by atoms with Crippen molar-refractivity contribution >= 4 is 90.8 Å². The Balaban J connectivity index is 0.871. The zero-order chi connectivity index (χ0) is 56.1. The van der Waals surface area contributed by atoms with Crippen molar-refractivity contribution in [1.82, 2.24) is 36.1 Å². The normalized spacial score (nSPS) is 16.0. The monoisotopic (exact) mass is 1110 g/mol. The van der Waals surface area contributed by atoms with Crippen molar-refractivity contribution in [2.24, 2.45) is 5.92 Å². The first-order chi connectivity index (χ1) is 37.2. The Kier molecular flexibility index (Phi) is 19.7. The maximum absolute atomic E-state index is 15.4. The number of aromatic nitrogens is 4. The average molecular weight is 1110 g/mol. The number of hydrogen-bond donors (Lipinski definition) is 6. The van der Waals surface area contributed by atoms with E-state index in [0.717, 1.165) is 44.9 Å². The van der Waals surface area contributed by atoms with Crippen molar-refractivity contribution in [1.29, 1.82) is 0 Å². The molecule has 2 aliphatic rings. The number of thiazole rings is 2. The second-order valence-corrected chi connectivity index (χ2v) is 23.3. The van der Waals surface area contributed by atoms with Gasteiger partial charge in [-0.2, -0.15) is 0 Å². The third kappa shape index (κ3) is 16.1. The second-order valence-electron chi connectivity index (χ2n) is 21.2. The quantitative estimate of drug-likeness (QED) is 0.0156. The number of rotatable bonds is 23. The molecule has 0 saturated heterocycles. The number of benzene rings is 2. The number of carboxylic acid groups (broad SMARTS) is 1. The highest BCUT2D eigenvalue weighted by molar-refractivity contribution is 7.22. The molecule has 7 rings (SSSR count). The molecule has 6 N–H and O–H groups in total. The molecular formula is C56H69FN11O8S2+. The van der Waals surface area contributed by atoms with Crippen LogP contribution in [0.15, 0.2) is 72.3 Å². The summed E-state index contributed by atoms with van der Waals surface area (Å²) in [6.07, 6.45) is 5.53. The first-order valence-electron chi connectivity index (χ1n) is 26.0. The van der Waals surface area contributed by atoms with E-state index in [1.807, 2.05) is 62.3 Å². The lowest BCUT2D eigenvalue weighted by Gasteiger charge is -2.28. The van der Waals surface area contributed by atoms with Crippen molar-refractivity contribution in [2.75, 3.05) is 55.9 Å². The number of alkyl halides is 1. The highest BCUT2D eigenvalue weighted by Crippen LogP contribution is 2.39. The van der Waals surface area contributed by atoms with Gasteiger partial charge in [-0.1, -0.05) is 61.4 Å². The number of ether oxygens (including phenoxy) is 2. The lowest BCUT2D eigenvalue weighted by Crippen LogP contribution is -2.55. The molecule has 1 aliphatic heterocycles. The van der Waals surface area contributed by atoms with E-state index in [1.54, 1.807) is 70.2 Å². The lowest BCUT2D eigenvalue weighted by atomic mass is 10.0. The number of para-hydroxylation sites is 1. The number of allylic oxidation sites excluding steroid dienone is 2. The Morgan fingerprint density at radius 1 is 1.01 bits per heavy atom. The Hall–Kier alpha value is -7.32. The molecule has 1 aliphatic carbocycles. The molecule has 414 valence electrons. The van der Waals surface area contributed by atoms with E-state index >= 15 is 4.39 Å². The van der Waals surface area contributed by atoms with E-state index in [1.165, 1.54) is 17.4 Å². The van der Waals surface area contributed by atoms with E-state index in [0.29, 0.717) is 89.2 Å². The van der Waals surface area contributed by atoms with Crippen molar-refractivity contribution in [2.45, 2.75) is 117 Å². The first-order valence-corrected chi connectivity index (χ1v) is 27.6. The third-order valence-corrected chi connectivity index (χ3v) is 14.8. The number of carboxylic acids is 1. The maximum Gasteiger partial charge on any atom is 0.408 e. The summed E-state index contributed by atoms with van der Waals surface area (Å²) < 4.78 is 28.3. The largest absolute Gasteiger partial charge is 0.476 e. The molecule has 5 aromatic rings. The molecule has 78 heavy (non-hydrogen) atoms. The molecule has 0 radical (unpaired) electrons. The van der Waals surface area contributed by atoms with Crippen LogP contribution in [0.1, 0.15) is 92.4 Å². The van der Waals surface area contributed by atoms with Gasteiger partial charge in [-0.3, -0.25) is 14.4 Å². The van der Waals surface area contributed by atoms with Crippen molar-refractivity contribution in [3.63, 3.8) is 0 Å². The highest BCUT2D eigenvalue weighted by atomic mass is 32.1. The number of quaternary nitrogens is 1. The fraction of sp³-hybridized carbons (Fsp3) is 0.446. The van der Waals surface area contributed by atoms with Gasteiger partial charge in [-0.25, -0.2) is 23.9 Å². The van der Waals surface area contributed by atoms with Gasteiger partial charge in [0.2, 0.25) is 18.2 Å². The van der Waals surface area contributed by atoms with Crippen LogP contribution in [-0.2, 0) is 43.2 Å². The van der Waals surface area contributed by atoms with Gasteiger partial charge < -0.3 is 50.5 Å². The van der Waals surface area contributed by atoms with Gasteiger partial charge in [0.1, 0.15) is 43.0 Å². The summed E-state index contributed by atoms with van der Waals surface area (Å²) in [7, 11) is 4.06. The van der Waals surface area contributed by atoms with Crippen LogP contribution in [0.4, 0.5) is 36.8 Å². The fourth-order valence-electron chi connectivity index (χ4n) is 8.81. The van der Waals surface area contributed by atoms with Gasteiger partial charge in [0, 0.05) is 52.5 Å². The SMILES string of the molecule is Cc1c(Nc2nc3ccccc3s2)nnc2c1CCCN2c1nc(C(=O)O)c(CCCOC2C=CC(C#CC[N+](C)(C)Cc3ccc(NC(=O)[C@H](CCCNC=O)NC(=O)C(NC(=O)OC(C)(C)C)C(C)C)cc3)=CC2F)s1. The van der Waals surface area contributed by atoms with E-state index in [9.17, 15) is 29.1 Å². The molecule has 22 heteroatoms. The maximum atomic E-state index is 15.4. The lowest BCUT2D eigenvalue weighted by molar-refractivity contribution is -0.896. The van der Waals surface area contributed by atoms with Crippen LogP contribution in [0, 0.1) is 24.7 Å². The first kappa shape index (κ1) is 58.4. The van der Waals surface area contributed by atoms with Gasteiger partial charge in [0.05, 0.1) is 24.3 Å². The minimum Gasteiger partial charge on any atom is -0.476 e. The van der Waals surface area contributed by atoms with Gasteiger partial charge in [-0.15, -0.1) is 21.5 Å². The smallest absolute Gasteiger partial charge is 0.408 e. The van der Waals surface area contributed by atoms with Gasteiger partial charge >= 0.3 is 12.1 Å². The second kappa shape index (κ2) is 26.4. The molecule has 4 heterocycles. The summed E-state index contributed by atoms with van der Waals surface area (Å²) in [5, 5.41) is 34.7. The molecular weight excluding hydrogens is 1040 g/mol. The van der Waals surface area contributed by atoms with Crippen LogP contribution < -0.4 is 31.5 Å². The number of aromatic carboxylic acids is 1. The van der Waals surface area contributed by atoms with E-state index in [4.69, 9.17) is 9.47 Å². The molecule has 0 bridgehead atoms. The van der Waals surface area contributed by atoms with Crippen molar-refractivity contribution < 1.29 is 47.4 Å². The molecule has 4 atom stereocenters. The number of anilines is 5. The van der Waals surface area contributed by atoms with Crippen LogP contribution in [0.25, 0.3) is 10.2 Å². The standard InChI is InChI=1S/C56H68FN11O8S2/c1-34(2)46(63-55(74)76-56(4,5)6)51(71)60-42(18-11-27-58-33-69)50(70)59-38-24-21-37(22-25-38)32-68(7,8)29-13-15-36-23-26-43(40(57)31-36)75-30-14-20-45-47(52(72)73)62-54(78-45)67-28-12-16-39-35(3)48(65-66-49(39)67)64-53-61-41-17-9-10-19-44(41)77-53/h9-10,17,19,21-26,31,33-34,40,42-43,46H,11-12,14,16,18,20,27-30,32H2,1-8H3,(H5-,58,59,60,61,63,64,65,69,70,71,72,73,74)/p+1/t40?,42-,43?,46?/m0/s1. The average Bonchev–Trinajstić information content (AvgIpc) is 4.04. The minimum atomic E-state index is -1.42. The molecule has 0 spiro atoms. The third-order valence-electron chi connectivity index (χ3n) is 12.7. The number of alkyl carbamates (subject to hydrolysis) is 1. The predicted molar refractivity (Wildman–Crippen MR) is 301 cm³/mol. The Morgan fingerprint density at radius 2 is 1.78 bits per heavy atom. The summed E-state index contributed by atoms with van der Waals surface area (Å²) in [6, 6.07) is 13.3. The number of amides is 4. The van der Waals surface area contributed by atoms with Crippen LogP contribution >= 0.6 is 22.7 Å². The number of aryl methyl sites for hydroxylation is 1. The molecule has 2 aromatic carbocycles. The summed E-state index contributed by atoms with van der Waals surface area (Å²) in [4.78, 5) is 74.5. The number of hydrogen-bond acceptors (Lipinski definition) is 15. The summed E-state index contributed by atoms with van der Waals surface area (Å²) >= 11 is 2.85. The molecule has 4 amide bonds. The van der Waals surface area contributed by atoms with Crippen molar-refractivity contribution in [3.05, 3.63) is 99.6 Å². The summed E-state index contributed by atoms with van der Waals surface area (Å²) in [6.45, 7) is 12.9. The van der Waals surface area contributed by atoms with Crippen LogP contribution in [0.2, 0.25) is 0 Å². The molecule has 0 saturated carbocycles. The van der Waals surface area contributed by atoms with E-state index < -0.39 is 53.8 Å². The van der Waals surface area contributed by atoms with Crippen LogP contribution in [0.5, 0.6) is 0 Å². The number of carbonyl (C=O) groups excluding carboxylic acids is 4. The Bertz CT molecular complexity index is 3050. The van der Waals surface area contributed by atoms with Gasteiger partial charge in [0.15, 0.2) is 27.6 Å². The number of nitrogens with one attached hydrogen (secondary N) is 5.